The molecule has 0 radical (unpaired) electrons. The second kappa shape index (κ2) is 15.3. The van der Waals surface area contributed by atoms with E-state index >= 15 is 0 Å². The van der Waals surface area contributed by atoms with Crippen LogP contribution < -0.4 is 4.90 Å². The summed E-state index contributed by atoms with van der Waals surface area (Å²) in [5.74, 6) is 0. The van der Waals surface area contributed by atoms with Crippen LogP contribution in [0.15, 0.2) is 237 Å². The van der Waals surface area contributed by atoms with Gasteiger partial charge in [0.05, 0.1) is 5.69 Å². The van der Waals surface area contributed by atoms with Crippen LogP contribution in [0.1, 0.15) is 0 Å². The van der Waals surface area contributed by atoms with E-state index in [-0.39, 0.29) is 0 Å². The molecule has 11 aromatic rings. The van der Waals surface area contributed by atoms with Crippen LogP contribution in [0.4, 0.5) is 17.1 Å². The van der Waals surface area contributed by atoms with Crippen LogP contribution in [0, 0.1) is 0 Å². The monoisotopic (exact) mass is 781 g/mol. The molecule has 60 heavy (non-hydrogen) atoms. The Bertz CT molecular complexity index is 3300. The second-order valence-corrected chi connectivity index (χ2v) is 16.3. The third-order valence-corrected chi connectivity index (χ3v) is 12.9. The van der Waals surface area contributed by atoms with Crippen LogP contribution in [-0.2, 0) is 0 Å². The minimum absolute atomic E-state index is 1.10. The topological polar surface area (TPSA) is 3.24 Å². The summed E-state index contributed by atoms with van der Waals surface area (Å²) < 4.78 is 2.59. The molecule has 0 N–H and O–H groups in total. The fourth-order valence-electron chi connectivity index (χ4n) is 8.84. The Morgan fingerprint density at radius 3 is 1.52 bits per heavy atom. The van der Waals surface area contributed by atoms with Crippen LogP contribution in [0.25, 0.3) is 86.6 Å². The highest BCUT2D eigenvalue weighted by atomic mass is 32.1. The minimum atomic E-state index is 1.10. The first-order valence-electron chi connectivity index (χ1n) is 20.5. The van der Waals surface area contributed by atoms with Gasteiger partial charge in [-0.05, 0) is 103 Å². The van der Waals surface area contributed by atoms with E-state index in [0.717, 1.165) is 17.1 Å². The third-order valence-electron chi connectivity index (χ3n) is 11.7. The predicted molar refractivity (Wildman–Crippen MR) is 259 cm³/mol. The van der Waals surface area contributed by atoms with Gasteiger partial charge in [0.15, 0.2) is 0 Å². The number of hydrogen-bond acceptors (Lipinski definition) is 2. The van der Waals surface area contributed by atoms with Crippen molar-refractivity contribution in [3.63, 3.8) is 0 Å². The second-order valence-electron chi connectivity index (χ2n) is 15.2. The molecule has 0 amide bonds. The molecular formula is C58H39NS. The summed E-state index contributed by atoms with van der Waals surface area (Å²) >= 11 is 1.85. The van der Waals surface area contributed by atoms with E-state index in [0.29, 0.717) is 0 Å². The van der Waals surface area contributed by atoms with Crippen molar-refractivity contribution in [3.05, 3.63) is 237 Å². The van der Waals surface area contributed by atoms with Crippen molar-refractivity contribution in [2.75, 3.05) is 4.90 Å². The summed E-state index contributed by atoms with van der Waals surface area (Å²) in [6.07, 6.45) is 0. The van der Waals surface area contributed by atoms with E-state index in [2.05, 4.69) is 241 Å². The van der Waals surface area contributed by atoms with Crippen LogP contribution in [0.3, 0.4) is 0 Å². The lowest BCUT2D eigenvalue weighted by Crippen LogP contribution is -2.11. The number of thiophene rings is 1. The van der Waals surface area contributed by atoms with Gasteiger partial charge < -0.3 is 4.90 Å². The highest BCUT2D eigenvalue weighted by Gasteiger charge is 2.21. The lowest BCUT2D eigenvalue weighted by atomic mass is 9.88. The number of rotatable bonds is 8. The van der Waals surface area contributed by atoms with Gasteiger partial charge in [-0.1, -0.05) is 194 Å². The van der Waals surface area contributed by atoms with Gasteiger partial charge in [0, 0.05) is 37.1 Å². The molecule has 0 saturated heterocycles. The zero-order chi connectivity index (χ0) is 39.8. The Morgan fingerprint density at radius 1 is 0.267 bits per heavy atom. The van der Waals surface area contributed by atoms with Gasteiger partial charge in [-0.25, -0.2) is 0 Å². The zero-order valence-electron chi connectivity index (χ0n) is 32.9. The van der Waals surface area contributed by atoms with Crippen molar-refractivity contribution in [2.45, 2.75) is 0 Å². The molecule has 1 nitrogen and oxygen atoms in total. The molecule has 282 valence electrons. The van der Waals surface area contributed by atoms with Gasteiger partial charge in [0.2, 0.25) is 0 Å². The van der Waals surface area contributed by atoms with Gasteiger partial charge in [-0.15, -0.1) is 11.3 Å². The van der Waals surface area contributed by atoms with Crippen molar-refractivity contribution in [1.82, 2.24) is 0 Å². The molecule has 1 heterocycles. The summed E-state index contributed by atoms with van der Waals surface area (Å²) in [5.41, 5.74) is 15.4. The number of anilines is 3. The molecule has 0 fully saturated rings. The largest absolute Gasteiger partial charge is 0.310 e. The first-order chi connectivity index (χ1) is 29.8. The molecule has 0 atom stereocenters. The van der Waals surface area contributed by atoms with Crippen molar-refractivity contribution in [2.24, 2.45) is 0 Å². The normalized spacial score (nSPS) is 11.3. The first-order valence-corrected chi connectivity index (χ1v) is 21.3. The van der Waals surface area contributed by atoms with E-state index in [1.54, 1.807) is 0 Å². The standard InChI is InChI=1S/C58H39NS/c1-2-15-42(16-3-1)49-20-6-7-21-50(49)51-22-8-9-23-52(51)53-24-10-12-27-56(53)59(46-37-38-58-55(39-46)54-25-11-13-28-57(54)60-58)45-35-33-41(34-36-45)40-29-31-44(32-30-40)48-26-14-18-43-17-4-5-19-47(43)48/h1-39H. The highest BCUT2D eigenvalue weighted by molar-refractivity contribution is 7.25. The summed E-state index contributed by atoms with van der Waals surface area (Å²) in [4.78, 5) is 2.44. The van der Waals surface area contributed by atoms with Gasteiger partial charge in [0.25, 0.3) is 0 Å². The van der Waals surface area contributed by atoms with E-state index in [9.17, 15) is 0 Å². The molecule has 0 saturated carbocycles. The van der Waals surface area contributed by atoms with Crippen LogP contribution in [-0.4, -0.2) is 0 Å². The Kier molecular flexibility index (Phi) is 9.11. The van der Waals surface area contributed by atoms with Gasteiger partial charge in [-0.2, -0.15) is 0 Å². The van der Waals surface area contributed by atoms with E-state index < -0.39 is 0 Å². The minimum Gasteiger partial charge on any atom is -0.310 e. The molecule has 0 aliphatic carbocycles. The van der Waals surface area contributed by atoms with Crippen LogP contribution in [0.2, 0.25) is 0 Å². The maximum atomic E-state index is 2.44. The first kappa shape index (κ1) is 35.6. The quantitative estimate of drug-likeness (QED) is 0.148. The van der Waals surface area contributed by atoms with Crippen LogP contribution >= 0.6 is 11.3 Å². The maximum Gasteiger partial charge on any atom is 0.0540 e. The SMILES string of the molecule is c1ccc(-c2ccccc2-c2ccccc2-c2ccccc2N(c2ccc(-c3ccc(-c4cccc5ccccc45)cc3)cc2)c2ccc3sc4ccccc4c3c2)cc1. The van der Waals surface area contributed by atoms with Crippen molar-refractivity contribution >= 4 is 59.3 Å². The summed E-state index contributed by atoms with van der Waals surface area (Å²) in [7, 11) is 0. The van der Waals surface area contributed by atoms with Gasteiger partial charge in [-0.3, -0.25) is 0 Å². The smallest absolute Gasteiger partial charge is 0.0540 e. The predicted octanol–water partition coefficient (Wildman–Crippen LogP) is 17.0. The highest BCUT2D eigenvalue weighted by Crippen LogP contribution is 2.47. The Balaban J connectivity index is 1.04. The third kappa shape index (κ3) is 6.44. The molecule has 0 aliphatic heterocycles. The average molecular weight is 782 g/mol. The molecule has 1 aromatic heterocycles. The number of hydrogen-bond donors (Lipinski definition) is 0. The Morgan fingerprint density at radius 2 is 0.750 bits per heavy atom. The van der Waals surface area contributed by atoms with Gasteiger partial charge in [0.1, 0.15) is 0 Å². The lowest BCUT2D eigenvalue weighted by molar-refractivity contribution is 1.29. The number of benzene rings is 10. The molecule has 0 bridgehead atoms. The molecular weight excluding hydrogens is 743 g/mol. The number of nitrogens with zero attached hydrogens (tertiary/aromatic N) is 1. The molecule has 0 aliphatic rings. The summed E-state index contributed by atoms with van der Waals surface area (Å²) in [6.45, 7) is 0. The molecule has 10 aromatic carbocycles. The zero-order valence-corrected chi connectivity index (χ0v) is 33.7. The van der Waals surface area contributed by atoms with E-state index in [1.165, 1.54) is 86.6 Å². The summed E-state index contributed by atoms with van der Waals surface area (Å²) in [6, 6.07) is 86.2. The fraction of sp³-hybridized carbons (Fsp3) is 0. The maximum absolute atomic E-state index is 2.44. The average Bonchev–Trinajstić information content (AvgIpc) is 3.70. The van der Waals surface area contributed by atoms with Crippen LogP contribution in [0.5, 0.6) is 0 Å². The number of para-hydroxylation sites is 1. The van der Waals surface area contributed by atoms with Gasteiger partial charge >= 0.3 is 0 Å². The molecule has 0 unspecified atom stereocenters. The Labute approximate surface area is 354 Å². The van der Waals surface area contributed by atoms with Crippen molar-refractivity contribution < 1.29 is 0 Å². The van der Waals surface area contributed by atoms with E-state index in [1.807, 2.05) is 11.3 Å². The van der Waals surface area contributed by atoms with Crippen molar-refractivity contribution in [3.8, 4) is 55.6 Å². The number of fused-ring (bicyclic) bond motifs is 4. The van der Waals surface area contributed by atoms with Crippen molar-refractivity contribution in [1.29, 1.82) is 0 Å². The Hall–Kier alpha value is -7.52. The lowest BCUT2D eigenvalue weighted by Gasteiger charge is -2.29. The fourth-order valence-corrected chi connectivity index (χ4v) is 9.93. The molecule has 2 heteroatoms. The molecule has 11 rings (SSSR count). The summed E-state index contributed by atoms with van der Waals surface area (Å²) in [5, 5.41) is 5.09. The van der Waals surface area contributed by atoms with E-state index in [4.69, 9.17) is 0 Å². The molecule has 0 spiro atoms.